The predicted octanol–water partition coefficient (Wildman–Crippen LogP) is 2.82. The maximum Gasteiger partial charge on any atom is 0.302 e. The first-order valence-electron chi connectivity index (χ1n) is 8.21. The fraction of sp³-hybridized carbons (Fsp3) is 0.158. The Hall–Kier alpha value is -3.26. The van der Waals surface area contributed by atoms with Gasteiger partial charge in [-0.3, -0.25) is 4.79 Å². The van der Waals surface area contributed by atoms with E-state index in [0.717, 1.165) is 16.1 Å². The third kappa shape index (κ3) is 3.26. The van der Waals surface area contributed by atoms with Gasteiger partial charge in [0.2, 0.25) is 4.96 Å². The highest BCUT2D eigenvalue weighted by Crippen LogP contribution is 2.29. The summed E-state index contributed by atoms with van der Waals surface area (Å²) in [5.41, 5.74) is 1.73. The third-order valence-electron chi connectivity index (χ3n) is 4.08. The zero-order valence-electron chi connectivity index (χ0n) is 14.7. The number of aromatic nitrogens is 4. The molecule has 0 unspecified atom stereocenters. The standard InChI is InChI=1S/C19H16N4O3S/c1-25-14-9-8-12(10-15(14)26-2)11-16-22-23-18(24)17(20-21-19(23)27-16)13-6-4-3-5-7-13/h3-10H,11H2,1-2H3. The highest BCUT2D eigenvalue weighted by Gasteiger charge is 2.14. The number of rotatable bonds is 5. The SMILES string of the molecule is COc1ccc(Cc2nn3c(=O)c(-c4ccccc4)nnc3s2)cc1OC. The van der Waals surface area contributed by atoms with Crippen LogP contribution >= 0.6 is 11.3 Å². The van der Waals surface area contributed by atoms with Gasteiger partial charge in [0.15, 0.2) is 17.2 Å². The first kappa shape index (κ1) is 17.2. The van der Waals surface area contributed by atoms with Gasteiger partial charge in [0.1, 0.15) is 5.01 Å². The lowest BCUT2D eigenvalue weighted by Crippen LogP contribution is -2.19. The summed E-state index contributed by atoms with van der Waals surface area (Å²) in [5.74, 6) is 1.32. The Balaban J connectivity index is 1.70. The summed E-state index contributed by atoms with van der Waals surface area (Å²) in [6.45, 7) is 0. The molecule has 0 atom stereocenters. The van der Waals surface area contributed by atoms with Crippen molar-refractivity contribution in [2.45, 2.75) is 6.42 Å². The van der Waals surface area contributed by atoms with Gasteiger partial charge in [0, 0.05) is 12.0 Å². The molecule has 0 spiro atoms. The summed E-state index contributed by atoms with van der Waals surface area (Å²) < 4.78 is 11.9. The van der Waals surface area contributed by atoms with Gasteiger partial charge in [0.25, 0.3) is 0 Å². The highest BCUT2D eigenvalue weighted by molar-refractivity contribution is 7.16. The Kier molecular flexibility index (Phi) is 4.55. The van der Waals surface area contributed by atoms with Crippen LogP contribution in [0.2, 0.25) is 0 Å². The van der Waals surface area contributed by atoms with Crippen LogP contribution in [0.3, 0.4) is 0 Å². The van der Waals surface area contributed by atoms with E-state index < -0.39 is 0 Å². The Bertz CT molecular complexity index is 1150. The van der Waals surface area contributed by atoms with Gasteiger partial charge in [-0.05, 0) is 17.7 Å². The van der Waals surface area contributed by atoms with Gasteiger partial charge < -0.3 is 9.47 Å². The fourth-order valence-corrected chi connectivity index (χ4v) is 3.63. The molecule has 0 aliphatic carbocycles. The predicted molar refractivity (Wildman–Crippen MR) is 103 cm³/mol. The molecular weight excluding hydrogens is 364 g/mol. The van der Waals surface area contributed by atoms with Crippen LogP contribution in [0.15, 0.2) is 53.3 Å². The van der Waals surface area contributed by atoms with Gasteiger partial charge in [0.05, 0.1) is 14.2 Å². The van der Waals surface area contributed by atoms with Crippen LogP contribution in [-0.2, 0) is 6.42 Å². The van der Waals surface area contributed by atoms with Gasteiger partial charge in [-0.15, -0.1) is 10.2 Å². The average molecular weight is 380 g/mol. The lowest BCUT2D eigenvalue weighted by atomic mass is 10.1. The molecule has 2 aromatic carbocycles. The normalized spacial score (nSPS) is 10.9. The second-order valence-corrected chi connectivity index (χ2v) is 6.82. The number of nitrogens with zero attached hydrogens (tertiary/aromatic N) is 4. The Morgan fingerprint density at radius 1 is 1.00 bits per heavy atom. The van der Waals surface area contributed by atoms with E-state index in [-0.39, 0.29) is 11.3 Å². The second-order valence-electron chi connectivity index (χ2n) is 5.78. The van der Waals surface area contributed by atoms with E-state index in [1.807, 2.05) is 48.5 Å². The van der Waals surface area contributed by atoms with Crippen molar-refractivity contribution in [3.05, 3.63) is 69.5 Å². The topological polar surface area (TPSA) is 78.6 Å². The molecule has 0 amide bonds. The largest absolute Gasteiger partial charge is 0.493 e. The van der Waals surface area contributed by atoms with Gasteiger partial charge >= 0.3 is 5.56 Å². The van der Waals surface area contributed by atoms with Crippen LogP contribution in [0.4, 0.5) is 0 Å². The van der Waals surface area contributed by atoms with Crippen LogP contribution < -0.4 is 15.0 Å². The molecule has 0 saturated heterocycles. The quantitative estimate of drug-likeness (QED) is 0.530. The zero-order chi connectivity index (χ0) is 18.8. The maximum atomic E-state index is 12.7. The molecule has 4 rings (SSSR count). The number of benzene rings is 2. The van der Waals surface area contributed by atoms with E-state index in [1.54, 1.807) is 14.2 Å². The molecule has 0 aliphatic heterocycles. The molecular formula is C19H16N4O3S. The van der Waals surface area contributed by atoms with Crippen molar-refractivity contribution in [1.82, 2.24) is 19.8 Å². The molecule has 8 heteroatoms. The van der Waals surface area contributed by atoms with E-state index in [2.05, 4.69) is 15.3 Å². The molecule has 2 aromatic heterocycles. The molecule has 0 aliphatic rings. The smallest absolute Gasteiger partial charge is 0.302 e. The van der Waals surface area contributed by atoms with Crippen LogP contribution in [-0.4, -0.2) is 34.0 Å². The number of methoxy groups -OCH3 is 2. The summed E-state index contributed by atoms with van der Waals surface area (Å²) >= 11 is 1.34. The summed E-state index contributed by atoms with van der Waals surface area (Å²) in [7, 11) is 3.19. The molecule has 4 aromatic rings. The monoisotopic (exact) mass is 380 g/mol. The van der Waals surface area contributed by atoms with Crippen molar-refractivity contribution >= 4 is 16.3 Å². The molecule has 136 valence electrons. The van der Waals surface area contributed by atoms with Crippen molar-refractivity contribution in [1.29, 1.82) is 0 Å². The van der Waals surface area contributed by atoms with E-state index in [1.165, 1.54) is 15.9 Å². The second kappa shape index (κ2) is 7.16. The summed E-state index contributed by atoms with van der Waals surface area (Å²) in [6, 6.07) is 14.9. The van der Waals surface area contributed by atoms with Gasteiger partial charge in [-0.1, -0.05) is 47.7 Å². The summed E-state index contributed by atoms with van der Waals surface area (Å²) in [6.07, 6.45) is 0.550. The first-order chi connectivity index (χ1) is 13.2. The minimum absolute atomic E-state index is 0.277. The zero-order valence-corrected chi connectivity index (χ0v) is 15.6. The number of ether oxygens (including phenoxy) is 2. The highest BCUT2D eigenvalue weighted by atomic mass is 32.1. The van der Waals surface area contributed by atoms with Crippen LogP contribution in [0.5, 0.6) is 11.5 Å². The van der Waals surface area contributed by atoms with Crippen LogP contribution in [0, 0.1) is 0 Å². The minimum atomic E-state index is -0.277. The molecule has 7 nitrogen and oxygen atoms in total. The van der Waals surface area contributed by atoms with Crippen molar-refractivity contribution in [2.24, 2.45) is 0 Å². The Morgan fingerprint density at radius 2 is 1.78 bits per heavy atom. The Labute approximate surface area is 158 Å². The Morgan fingerprint density at radius 3 is 2.52 bits per heavy atom. The van der Waals surface area contributed by atoms with Gasteiger partial charge in [-0.25, -0.2) is 0 Å². The molecule has 0 saturated carbocycles. The summed E-state index contributed by atoms with van der Waals surface area (Å²) in [5, 5.41) is 13.5. The van der Waals surface area contributed by atoms with E-state index in [0.29, 0.717) is 22.9 Å². The number of hydrogen-bond donors (Lipinski definition) is 0. The molecule has 0 bridgehead atoms. The summed E-state index contributed by atoms with van der Waals surface area (Å²) in [4.78, 5) is 13.2. The lowest BCUT2D eigenvalue weighted by Gasteiger charge is -2.08. The van der Waals surface area contributed by atoms with Crippen molar-refractivity contribution in [3.8, 4) is 22.8 Å². The van der Waals surface area contributed by atoms with Crippen molar-refractivity contribution in [2.75, 3.05) is 14.2 Å². The maximum absolute atomic E-state index is 12.7. The van der Waals surface area contributed by atoms with E-state index in [9.17, 15) is 4.79 Å². The van der Waals surface area contributed by atoms with Crippen LogP contribution in [0.25, 0.3) is 16.2 Å². The van der Waals surface area contributed by atoms with Crippen molar-refractivity contribution < 1.29 is 9.47 Å². The molecule has 2 heterocycles. The average Bonchev–Trinajstić information content (AvgIpc) is 3.12. The first-order valence-corrected chi connectivity index (χ1v) is 9.03. The molecule has 0 fully saturated rings. The molecule has 0 radical (unpaired) electrons. The fourth-order valence-electron chi connectivity index (χ4n) is 2.77. The molecule has 0 N–H and O–H groups in total. The van der Waals surface area contributed by atoms with Crippen LogP contribution in [0.1, 0.15) is 10.6 Å². The minimum Gasteiger partial charge on any atom is -0.493 e. The molecule has 27 heavy (non-hydrogen) atoms. The van der Waals surface area contributed by atoms with E-state index in [4.69, 9.17) is 9.47 Å². The van der Waals surface area contributed by atoms with E-state index >= 15 is 0 Å². The number of hydrogen-bond acceptors (Lipinski definition) is 7. The number of fused-ring (bicyclic) bond motifs is 1. The third-order valence-corrected chi connectivity index (χ3v) is 4.98. The van der Waals surface area contributed by atoms with Crippen molar-refractivity contribution in [3.63, 3.8) is 0 Å². The lowest BCUT2D eigenvalue weighted by molar-refractivity contribution is 0.354. The van der Waals surface area contributed by atoms with Gasteiger partial charge in [-0.2, -0.15) is 9.61 Å².